The Labute approximate surface area is 145 Å². The molecule has 1 fully saturated rings. The molecule has 0 saturated carbocycles. The van der Waals surface area contributed by atoms with Gasteiger partial charge in [0.1, 0.15) is 0 Å². The van der Waals surface area contributed by atoms with Crippen molar-refractivity contribution >= 4 is 5.91 Å². The second-order valence-corrected chi connectivity index (χ2v) is 7.44. The highest BCUT2D eigenvalue weighted by Gasteiger charge is 2.29. The van der Waals surface area contributed by atoms with Gasteiger partial charge in [0.25, 0.3) is 0 Å². The van der Waals surface area contributed by atoms with Crippen LogP contribution in [-0.2, 0) is 16.1 Å². The normalized spacial score (nSPS) is 22.3. The zero-order valence-electron chi connectivity index (χ0n) is 15.4. The SMILES string of the molecule is CCC(C)(C)NC(=O)CC1CC(OCc2ccncc2)CCN1C. The van der Waals surface area contributed by atoms with Gasteiger partial charge in [-0.25, -0.2) is 0 Å². The summed E-state index contributed by atoms with van der Waals surface area (Å²) < 4.78 is 6.07. The summed E-state index contributed by atoms with van der Waals surface area (Å²) in [5.74, 6) is 0.133. The number of amides is 1. The fourth-order valence-corrected chi connectivity index (χ4v) is 2.95. The minimum Gasteiger partial charge on any atom is -0.373 e. The van der Waals surface area contributed by atoms with E-state index in [1.165, 1.54) is 0 Å². The molecular formula is C19H31N3O2. The van der Waals surface area contributed by atoms with Gasteiger partial charge in [0, 0.05) is 36.9 Å². The van der Waals surface area contributed by atoms with Crippen LogP contribution in [0.4, 0.5) is 0 Å². The van der Waals surface area contributed by atoms with E-state index in [1.54, 1.807) is 12.4 Å². The molecule has 5 nitrogen and oxygen atoms in total. The molecule has 2 heterocycles. The number of carbonyl (C=O) groups is 1. The van der Waals surface area contributed by atoms with E-state index < -0.39 is 0 Å². The van der Waals surface area contributed by atoms with Crippen LogP contribution < -0.4 is 5.32 Å². The summed E-state index contributed by atoms with van der Waals surface area (Å²) in [6.45, 7) is 7.80. The molecule has 1 aromatic heterocycles. The summed E-state index contributed by atoms with van der Waals surface area (Å²) in [6.07, 6.45) is 7.17. The minimum absolute atomic E-state index is 0.133. The lowest BCUT2D eigenvalue weighted by Gasteiger charge is -2.37. The van der Waals surface area contributed by atoms with E-state index in [-0.39, 0.29) is 23.6 Å². The fourth-order valence-electron chi connectivity index (χ4n) is 2.95. The Morgan fingerprint density at radius 3 is 2.79 bits per heavy atom. The molecular weight excluding hydrogens is 302 g/mol. The Kier molecular flexibility index (Phi) is 6.75. The molecule has 1 saturated heterocycles. The second-order valence-electron chi connectivity index (χ2n) is 7.44. The molecule has 1 aliphatic heterocycles. The largest absolute Gasteiger partial charge is 0.373 e. The van der Waals surface area contributed by atoms with E-state index >= 15 is 0 Å². The van der Waals surface area contributed by atoms with Crippen molar-refractivity contribution in [2.75, 3.05) is 13.6 Å². The van der Waals surface area contributed by atoms with E-state index in [0.717, 1.165) is 31.4 Å². The number of nitrogens with one attached hydrogen (secondary N) is 1. The minimum atomic E-state index is -0.137. The zero-order valence-corrected chi connectivity index (χ0v) is 15.4. The smallest absolute Gasteiger partial charge is 0.221 e. The summed E-state index contributed by atoms with van der Waals surface area (Å²) in [5, 5.41) is 3.13. The first-order valence-electron chi connectivity index (χ1n) is 8.91. The number of hydrogen-bond acceptors (Lipinski definition) is 4. The first-order chi connectivity index (χ1) is 11.4. The maximum absolute atomic E-state index is 12.3. The molecule has 1 amide bonds. The van der Waals surface area contributed by atoms with Crippen LogP contribution in [0, 0.1) is 0 Å². The Balaban J connectivity index is 1.83. The maximum Gasteiger partial charge on any atom is 0.221 e. The standard InChI is InChI=1S/C19H31N3O2/c1-5-19(2,3)21-18(23)13-16-12-17(8-11-22(16)4)24-14-15-6-9-20-10-7-15/h6-7,9-10,16-17H,5,8,11-14H2,1-4H3,(H,21,23). The number of hydrogen-bond donors (Lipinski definition) is 1. The van der Waals surface area contributed by atoms with Crippen molar-refractivity contribution in [2.45, 2.75) is 70.7 Å². The van der Waals surface area contributed by atoms with Gasteiger partial charge in [-0.05, 0) is 57.9 Å². The number of carbonyl (C=O) groups excluding carboxylic acids is 1. The van der Waals surface area contributed by atoms with Crippen molar-refractivity contribution in [1.29, 1.82) is 0 Å². The molecule has 5 heteroatoms. The molecule has 2 rings (SSSR count). The third-order valence-electron chi connectivity index (χ3n) is 4.98. The van der Waals surface area contributed by atoms with Crippen LogP contribution in [0.1, 0.15) is 52.0 Å². The molecule has 2 atom stereocenters. The van der Waals surface area contributed by atoms with Crippen molar-refractivity contribution in [3.05, 3.63) is 30.1 Å². The quantitative estimate of drug-likeness (QED) is 0.834. The van der Waals surface area contributed by atoms with Crippen molar-refractivity contribution < 1.29 is 9.53 Å². The highest BCUT2D eigenvalue weighted by atomic mass is 16.5. The van der Waals surface area contributed by atoms with Gasteiger partial charge < -0.3 is 15.0 Å². The lowest BCUT2D eigenvalue weighted by Crippen LogP contribution is -2.48. The molecule has 0 bridgehead atoms. The summed E-state index contributed by atoms with van der Waals surface area (Å²) in [5.41, 5.74) is 1.00. The third-order valence-corrected chi connectivity index (χ3v) is 4.98. The van der Waals surface area contributed by atoms with Gasteiger partial charge in [-0.15, -0.1) is 0 Å². The lowest BCUT2D eigenvalue weighted by molar-refractivity contribution is -0.124. The van der Waals surface area contributed by atoms with E-state index in [9.17, 15) is 4.79 Å². The lowest BCUT2D eigenvalue weighted by atomic mass is 9.96. The number of rotatable bonds is 7. The molecule has 2 unspecified atom stereocenters. The molecule has 0 aliphatic carbocycles. The summed E-state index contributed by atoms with van der Waals surface area (Å²) in [6, 6.07) is 4.20. The number of ether oxygens (including phenoxy) is 1. The molecule has 0 aromatic carbocycles. The van der Waals surface area contributed by atoms with Crippen LogP contribution >= 0.6 is 0 Å². The third kappa shape index (κ3) is 5.87. The zero-order chi connectivity index (χ0) is 17.6. The number of aromatic nitrogens is 1. The summed E-state index contributed by atoms with van der Waals surface area (Å²) >= 11 is 0. The number of piperidine rings is 1. The highest BCUT2D eigenvalue weighted by molar-refractivity contribution is 5.77. The average Bonchev–Trinajstić information content (AvgIpc) is 2.56. The van der Waals surface area contributed by atoms with Crippen molar-refractivity contribution in [3.63, 3.8) is 0 Å². The van der Waals surface area contributed by atoms with Gasteiger partial charge in [-0.1, -0.05) is 6.92 Å². The van der Waals surface area contributed by atoms with Gasteiger partial charge in [0.15, 0.2) is 0 Å². The monoisotopic (exact) mass is 333 g/mol. The van der Waals surface area contributed by atoms with Crippen LogP contribution in [0.15, 0.2) is 24.5 Å². The topological polar surface area (TPSA) is 54.5 Å². The number of nitrogens with zero attached hydrogens (tertiary/aromatic N) is 2. The fraction of sp³-hybridized carbons (Fsp3) is 0.684. The molecule has 24 heavy (non-hydrogen) atoms. The van der Waals surface area contributed by atoms with Crippen molar-refractivity contribution in [2.24, 2.45) is 0 Å². The molecule has 1 aromatic rings. The van der Waals surface area contributed by atoms with Gasteiger partial charge in [0.2, 0.25) is 5.91 Å². The van der Waals surface area contributed by atoms with Crippen molar-refractivity contribution in [1.82, 2.24) is 15.2 Å². The Morgan fingerprint density at radius 2 is 2.12 bits per heavy atom. The molecule has 0 radical (unpaired) electrons. The summed E-state index contributed by atoms with van der Waals surface area (Å²) in [4.78, 5) is 18.6. The molecule has 1 aliphatic rings. The Hall–Kier alpha value is -1.46. The molecule has 0 spiro atoms. The Bertz CT molecular complexity index is 519. The van der Waals surface area contributed by atoms with Gasteiger partial charge in [-0.3, -0.25) is 9.78 Å². The van der Waals surface area contributed by atoms with Crippen LogP contribution in [0.25, 0.3) is 0 Å². The maximum atomic E-state index is 12.3. The molecule has 1 N–H and O–H groups in total. The van der Waals surface area contributed by atoms with Crippen LogP contribution in [0.2, 0.25) is 0 Å². The van der Waals surface area contributed by atoms with Crippen LogP contribution in [-0.4, -0.2) is 47.1 Å². The van der Waals surface area contributed by atoms with Gasteiger partial charge in [0.05, 0.1) is 12.7 Å². The summed E-state index contributed by atoms with van der Waals surface area (Å²) in [7, 11) is 2.10. The first-order valence-corrected chi connectivity index (χ1v) is 8.91. The molecule has 134 valence electrons. The predicted octanol–water partition coefficient (Wildman–Crippen LogP) is 2.76. The van der Waals surface area contributed by atoms with E-state index in [4.69, 9.17) is 4.74 Å². The van der Waals surface area contributed by atoms with E-state index in [2.05, 4.69) is 43.0 Å². The van der Waals surface area contributed by atoms with E-state index in [0.29, 0.717) is 13.0 Å². The van der Waals surface area contributed by atoms with Crippen molar-refractivity contribution in [3.8, 4) is 0 Å². The number of pyridine rings is 1. The van der Waals surface area contributed by atoms with Crippen LogP contribution in [0.3, 0.4) is 0 Å². The van der Waals surface area contributed by atoms with E-state index in [1.807, 2.05) is 12.1 Å². The number of likely N-dealkylation sites (tertiary alicyclic amines) is 1. The predicted molar refractivity (Wildman–Crippen MR) is 95.6 cm³/mol. The second kappa shape index (κ2) is 8.58. The van der Waals surface area contributed by atoms with Gasteiger partial charge in [-0.2, -0.15) is 0 Å². The van der Waals surface area contributed by atoms with Crippen LogP contribution in [0.5, 0.6) is 0 Å². The Morgan fingerprint density at radius 1 is 1.42 bits per heavy atom. The van der Waals surface area contributed by atoms with Gasteiger partial charge >= 0.3 is 0 Å². The first kappa shape index (κ1) is 18.9. The average molecular weight is 333 g/mol. The highest BCUT2D eigenvalue weighted by Crippen LogP contribution is 2.22.